The number of ether oxygens (including phenoxy) is 1. The average molecular weight is 474 g/mol. The number of anilines is 4. The summed E-state index contributed by atoms with van der Waals surface area (Å²) in [6.45, 7) is 3.05. The molecule has 4 N–H and O–H groups in total. The van der Waals surface area contributed by atoms with Crippen LogP contribution in [0.5, 0.6) is 5.75 Å². The molecule has 3 rings (SSSR count). The number of rotatable bonds is 6. The van der Waals surface area contributed by atoms with Crippen molar-refractivity contribution in [2.45, 2.75) is 13.8 Å². The van der Waals surface area contributed by atoms with Gasteiger partial charge in [-0.1, -0.05) is 29.0 Å². The lowest BCUT2D eigenvalue weighted by atomic mass is 10.2. The molecular formula is C21H20ClN5O4S. The quantitative estimate of drug-likeness (QED) is 0.402. The van der Waals surface area contributed by atoms with Gasteiger partial charge in [-0.25, -0.2) is 9.78 Å². The lowest BCUT2D eigenvalue weighted by molar-refractivity contribution is -0.114. The fraction of sp³-hybridized carbons (Fsp3) is 0.143. The second-order valence-corrected chi connectivity index (χ2v) is 8.01. The Hall–Kier alpha value is -3.63. The maximum Gasteiger partial charge on any atom is 0.325 e. The second-order valence-electron chi connectivity index (χ2n) is 6.57. The number of methoxy groups -OCH3 is 1. The van der Waals surface area contributed by atoms with Gasteiger partial charge in [0, 0.05) is 23.3 Å². The molecule has 4 amide bonds. The van der Waals surface area contributed by atoms with Crippen LogP contribution in [0.4, 0.5) is 27.0 Å². The fourth-order valence-corrected chi connectivity index (χ4v) is 3.80. The molecule has 0 saturated heterocycles. The highest BCUT2D eigenvalue weighted by Crippen LogP contribution is 2.30. The maximum absolute atomic E-state index is 12.8. The van der Waals surface area contributed by atoms with Gasteiger partial charge in [0.15, 0.2) is 5.13 Å². The molecule has 9 nitrogen and oxygen atoms in total. The second kappa shape index (κ2) is 10.1. The Balaban J connectivity index is 1.72. The molecule has 3 aromatic rings. The molecule has 0 bridgehead atoms. The van der Waals surface area contributed by atoms with Crippen LogP contribution < -0.4 is 26.0 Å². The number of carbonyl (C=O) groups is 3. The van der Waals surface area contributed by atoms with Crippen LogP contribution in [0.2, 0.25) is 5.02 Å². The predicted molar refractivity (Wildman–Crippen MR) is 126 cm³/mol. The number of thiazole rings is 1. The van der Waals surface area contributed by atoms with E-state index in [1.807, 2.05) is 0 Å². The van der Waals surface area contributed by atoms with Crippen molar-refractivity contribution in [3.63, 3.8) is 0 Å². The van der Waals surface area contributed by atoms with E-state index >= 15 is 0 Å². The zero-order valence-corrected chi connectivity index (χ0v) is 19.0. The predicted octanol–water partition coefficient (Wildman–Crippen LogP) is 4.97. The van der Waals surface area contributed by atoms with Crippen molar-refractivity contribution in [3.8, 4) is 5.75 Å². The van der Waals surface area contributed by atoms with Gasteiger partial charge >= 0.3 is 6.03 Å². The highest BCUT2D eigenvalue weighted by atomic mass is 35.5. The summed E-state index contributed by atoms with van der Waals surface area (Å²) in [7, 11) is 1.47. The van der Waals surface area contributed by atoms with Crippen molar-refractivity contribution < 1.29 is 19.1 Å². The van der Waals surface area contributed by atoms with Gasteiger partial charge in [-0.2, -0.15) is 0 Å². The van der Waals surface area contributed by atoms with Crippen molar-refractivity contribution in [1.82, 2.24) is 4.98 Å². The number of hydrogen-bond acceptors (Lipinski definition) is 6. The molecule has 0 aliphatic rings. The van der Waals surface area contributed by atoms with E-state index in [-0.39, 0.29) is 11.0 Å². The molecule has 0 saturated carbocycles. The van der Waals surface area contributed by atoms with E-state index in [1.54, 1.807) is 49.4 Å². The Morgan fingerprint density at radius 3 is 2.44 bits per heavy atom. The van der Waals surface area contributed by atoms with Crippen molar-refractivity contribution in [3.05, 3.63) is 58.1 Å². The van der Waals surface area contributed by atoms with Crippen LogP contribution in [0.15, 0.2) is 42.5 Å². The van der Waals surface area contributed by atoms with E-state index in [0.29, 0.717) is 38.4 Å². The zero-order valence-electron chi connectivity index (χ0n) is 17.4. The summed E-state index contributed by atoms with van der Waals surface area (Å²) in [5.74, 6) is -0.243. The minimum absolute atomic E-state index is 0.238. The molecule has 0 fully saturated rings. The zero-order chi connectivity index (χ0) is 23.3. The van der Waals surface area contributed by atoms with Crippen LogP contribution >= 0.6 is 22.9 Å². The Labute approximate surface area is 193 Å². The Morgan fingerprint density at radius 1 is 1.00 bits per heavy atom. The third-order valence-electron chi connectivity index (χ3n) is 4.07. The van der Waals surface area contributed by atoms with Crippen LogP contribution in [0.3, 0.4) is 0 Å². The van der Waals surface area contributed by atoms with Gasteiger partial charge in [-0.15, -0.1) is 0 Å². The van der Waals surface area contributed by atoms with Gasteiger partial charge < -0.3 is 20.7 Å². The summed E-state index contributed by atoms with van der Waals surface area (Å²) in [4.78, 5) is 40.9. The monoisotopic (exact) mass is 473 g/mol. The summed E-state index contributed by atoms with van der Waals surface area (Å²) in [5, 5.41) is 11.4. The maximum atomic E-state index is 12.8. The first-order chi connectivity index (χ1) is 15.2. The average Bonchev–Trinajstić information content (AvgIpc) is 3.07. The fourth-order valence-electron chi connectivity index (χ4n) is 2.75. The van der Waals surface area contributed by atoms with Crippen molar-refractivity contribution in [1.29, 1.82) is 0 Å². The number of aryl methyl sites for hydroxylation is 1. The van der Waals surface area contributed by atoms with Gasteiger partial charge in [-0.05, 0) is 43.3 Å². The third-order valence-corrected chi connectivity index (χ3v) is 5.38. The topological polar surface area (TPSA) is 121 Å². The number of nitrogens with zero attached hydrogens (tertiary/aromatic N) is 1. The molecule has 166 valence electrons. The highest BCUT2D eigenvalue weighted by molar-refractivity contribution is 7.17. The number of benzene rings is 2. The first-order valence-corrected chi connectivity index (χ1v) is 10.5. The number of urea groups is 1. The van der Waals surface area contributed by atoms with Crippen LogP contribution in [0.1, 0.15) is 22.3 Å². The normalized spacial score (nSPS) is 10.2. The van der Waals surface area contributed by atoms with E-state index in [0.717, 1.165) is 11.3 Å². The molecule has 0 aliphatic heterocycles. The lowest BCUT2D eigenvalue weighted by Gasteiger charge is -2.12. The first-order valence-electron chi connectivity index (χ1n) is 9.33. The molecule has 32 heavy (non-hydrogen) atoms. The van der Waals surface area contributed by atoms with Gasteiger partial charge in [0.25, 0.3) is 5.91 Å². The Kier molecular flexibility index (Phi) is 7.29. The summed E-state index contributed by atoms with van der Waals surface area (Å²) < 4.78 is 5.28. The number of nitrogens with one attached hydrogen (secondary N) is 4. The van der Waals surface area contributed by atoms with Crippen LogP contribution in [0.25, 0.3) is 0 Å². The van der Waals surface area contributed by atoms with E-state index in [4.69, 9.17) is 16.3 Å². The number of amides is 4. The molecule has 0 atom stereocenters. The van der Waals surface area contributed by atoms with Crippen molar-refractivity contribution in [2.24, 2.45) is 0 Å². The largest absolute Gasteiger partial charge is 0.495 e. The highest BCUT2D eigenvalue weighted by Gasteiger charge is 2.18. The number of hydrogen-bond donors (Lipinski definition) is 4. The Bertz CT molecular complexity index is 1180. The minimum Gasteiger partial charge on any atom is -0.495 e. The van der Waals surface area contributed by atoms with Crippen LogP contribution in [0, 0.1) is 6.92 Å². The molecule has 1 aromatic heterocycles. The molecule has 2 aromatic carbocycles. The van der Waals surface area contributed by atoms with Crippen molar-refractivity contribution >= 4 is 63.0 Å². The molecule has 0 aliphatic carbocycles. The number of carbonyl (C=O) groups excluding carboxylic acids is 3. The molecular weight excluding hydrogens is 454 g/mol. The van der Waals surface area contributed by atoms with Crippen LogP contribution in [-0.4, -0.2) is 29.9 Å². The van der Waals surface area contributed by atoms with E-state index in [9.17, 15) is 14.4 Å². The summed E-state index contributed by atoms with van der Waals surface area (Å²) in [6.07, 6.45) is 0. The number of aromatic nitrogens is 1. The first kappa shape index (κ1) is 23.0. The minimum atomic E-state index is -0.516. The van der Waals surface area contributed by atoms with E-state index < -0.39 is 11.9 Å². The summed E-state index contributed by atoms with van der Waals surface area (Å²) in [5.41, 5.74) is 1.86. The van der Waals surface area contributed by atoms with Gasteiger partial charge in [-0.3, -0.25) is 14.9 Å². The summed E-state index contributed by atoms with van der Waals surface area (Å²) in [6, 6.07) is 11.1. The third kappa shape index (κ3) is 5.96. The molecule has 0 spiro atoms. The number of halogens is 1. The Morgan fingerprint density at radius 2 is 1.75 bits per heavy atom. The molecule has 0 unspecified atom stereocenters. The van der Waals surface area contributed by atoms with Gasteiger partial charge in [0.2, 0.25) is 5.91 Å². The smallest absolute Gasteiger partial charge is 0.325 e. The van der Waals surface area contributed by atoms with Crippen molar-refractivity contribution in [2.75, 3.05) is 28.4 Å². The molecule has 0 radical (unpaired) electrons. The van der Waals surface area contributed by atoms with Gasteiger partial charge in [0.1, 0.15) is 10.6 Å². The standard InChI is InChI=1S/C21H20ClN5O4S/c1-11-18(19(29)26-16-10-15(24-12(2)28)7-8-17(16)31-3)32-21(23-11)27-20(30)25-14-6-4-5-13(22)9-14/h4-10H,1-3H3,(H,24,28)(H,26,29)(H2,23,25,27,30). The van der Waals surface area contributed by atoms with E-state index in [1.165, 1.54) is 14.0 Å². The van der Waals surface area contributed by atoms with E-state index in [2.05, 4.69) is 26.3 Å². The molecule has 11 heteroatoms. The van der Waals surface area contributed by atoms with Gasteiger partial charge in [0.05, 0.1) is 18.5 Å². The van der Waals surface area contributed by atoms with Crippen LogP contribution in [-0.2, 0) is 4.79 Å². The SMILES string of the molecule is COc1ccc(NC(C)=O)cc1NC(=O)c1sc(NC(=O)Nc2cccc(Cl)c2)nc1C. The lowest BCUT2D eigenvalue weighted by Crippen LogP contribution is -2.19. The summed E-state index contributed by atoms with van der Waals surface area (Å²) >= 11 is 6.94. The molecule has 1 heterocycles.